The largest absolute Gasteiger partial charge is 0.355 e. The van der Waals surface area contributed by atoms with Crippen LogP contribution in [0.15, 0.2) is 4.99 Å². The van der Waals surface area contributed by atoms with Gasteiger partial charge in [0.05, 0.1) is 0 Å². The number of nitrogens with zero attached hydrogens (tertiary/aromatic N) is 3. The van der Waals surface area contributed by atoms with E-state index in [-0.39, 0.29) is 24.0 Å². The van der Waals surface area contributed by atoms with Crippen molar-refractivity contribution in [3.05, 3.63) is 0 Å². The number of halogens is 1. The predicted molar refractivity (Wildman–Crippen MR) is 98.1 cm³/mol. The maximum absolute atomic E-state index is 4.41. The highest BCUT2D eigenvalue weighted by Gasteiger charge is 2.21. The molecule has 1 rings (SSSR count). The number of hydrogen-bond donors (Lipinski definition) is 1. The molecule has 0 aliphatic carbocycles. The van der Waals surface area contributed by atoms with Crippen LogP contribution < -0.4 is 5.32 Å². The zero-order valence-corrected chi connectivity index (χ0v) is 15.8. The fourth-order valence-electron chi connectivity index (χ4n) is 2.01. The van der Waals surface area contributed by atoms with Crippen LogP contribution >= 0.6 is 35.7 Å². The Morgan fingerprint density at radius 2 is 2.21 bits per heavy atom. The summed E-state index contributed by atoms with van der Waals surface area (Å²) in [6, 6.07) is 0. The number of rotatable bonds is 5. The summed E-state index contributed by atoms with van der Waals surface area (Å²) >= 11 is 2.09. The van der Waals surface area contributed by atoms with Crippen LogP contribution in [0.2, 0.25) is 0 Å². The van der Waals surface area contributed by atoms with Crippen molar-refractivity contribution < 1.29 is 0 Å². The molecule has 1 aliphatic heterocycles. The average molecular weight is 400 g/mol. The van der Waals surface area contributed by atoms with E-state index >= 15 is 0 Å². The Morgan fingerprint density at radius 3 is 2.79 bits per heavy atom. The summed E-state index contributed by atoms with van der Waals surface area (Å²) in [6.07, 6.45) is 1.25. The molecular formula is C13H29IN4S. The third-order valence-electron chi connectivity index (χ3n) is 3.42. The van der Waals surface area contributed by atoms with Crippen molar-refractivity contribution in [3.63, 3.8) is 0 Å². The minimum atomic E-state index is 0. The summed E-state index contributed by atoms with van der Waals surface area (Å²) in [5.41, 5.74) is 0. The molecule has 19 heavy (non-hydrogen) atoms. The van der Waals surface area contributed by atoms with E-state index in [1.165, 1.54) is 12.2 Å². The molecule has 1 N–H and O–H groups in total. The molecule has 0 aromatic heterocycles. The van der Waals surface area contributed by atoms with E-state index in [1.54, 1.807) is 0 Å². The van der Waals surface area contributed by atoms with E-state index < -0.39 is 0 Å². The molecule has 0 aromatic carbocycles. The number of aliphatic imine (C=N–C) groups is 1. The first-order chi connectivity index (χ1) is 8.71. The molecule has 0 aromatic rings. The Kier molecular flexibility index (Phi) is 11.2. The van der Waals surface area contributed by atoms with Crippen molar-refractivity contribution in [2.24, 2.45) is 4.99 Å². The second-order valence-corrected chi connectivity index (χ2v) is 6.13. The van der Waals surface area contributed by atoms with Gasteiger partial charge in [-0.25, -0.2) is 0 Å². The Labute approximate surface area is 139 Å². The van der Waals surface area contributed by atoms with Gasteiger partial charge in [-0.3, -0.25) is 4.99 Å². The Balaban J connectivity index is 0.00000324. The molecule has 1 fully saturated rings. The first-order valence-corrected chi connectivity index (χ1v) is 8.01. The summed E-state index contributed by atoms with van der Waals surface area (Å²) in [6.45, 7) is 9.83. The van der Waals surface area contributed by atoms with Gasteiger partial charge in [0.25, 0.3) is 0 Å². The second-order valence-electron chi connectivity index (χ2n) is 4.72. The third-order valence-corrected chi connectivity index (χ3v) is 4.79. The van der Waals surface area contributed by atoms with Gasteiger partial charge in [0.15, 0.2) is 5.96 Å². The molecule has 1 heterocycles. The van der Waals surface area contributed by atoms with Crippen LogP contribution in [-0.4, -0.2) is 73.6 Å². The smallest absolute Gasteiger partial charge is 0.193 e. The molecule has 1 saturated heterocycles. The number of nitrogens with one attached hydrogen (secondary N) is 1. The highest BCUT2D eigenvalue weighted by Crippen LogP contribution is 2.20. The summed E-state index contributed by atoms with van der Waals surface area (Å²) in [5.74, 6) is 2.28. The van der Waals surface area contributed by atoms with Gasteiger partial charge in [0, 0.05) is 44.2 Å². The van der Waals surface area contributed by atoms with Crippen LogP contribution in [0, 0.1) is 0 Å². The monoisotopic (exact) mass is 400 g/mol. The average Bonchev–Trinajstić information content (AvgIpc) is 2.43. The molecule has 0 bridgehead atoms. The number of hydrogen-bond acceptors (Lipinski definition) is 3. The standard InChI is InChI=1S/C13H28N4S.HI/c1-5-12-11-17(9-10-18-12)13(14-3)15-7-8-16(4)6-2;/h12H,5-11H2,1-4H3,(H,14,15);1H. The van der Waals surface area contributed by atoms with Gasteiger partial charge in [-0.15, -0.1) is 24.0 Å². The molecule has 0 saturated carbocycles. The van der Waals surface area contributed by atoms with E-state index in [0.717, 1.165) is 43.9 Å². The number of likely N-dealkylation sites (N-methyl/N-ethyl adjacent to an activating group) is 1. The molecule has 1 aliphatic rings. The summed E-state index contributed by atoms with van der Waals surface area (Å²) in [4.78, 5) is 9.11. The van der Waals surface area contributed by atoms with Crippen molar-refractivity contribution in [3.8, 4) is 0 Å². The van der Waals surface area contributed by atoms with Gasteiger partial charge in [-0.05, 0) is 20.0 Å². The van der Waals surface area contributed by atoms with Crippen LogP contribution in [0.4, 0.5) is 0 Å². The SMILES string of the molecule is CCC1CN(C(=NC)NCCN(C)CC)CCS1.I. The molecular weight excluding hydrogens is 371 g/mol. The minimum absolute atomic E-state index is 0. The Bertz CT molecular complexity index is 263. The maximum atomic E-state index is 4.41. The highest BCUT2D eigenvalue weighted by molar-refractivity contribution is 14.0. The first kappa shape index (κ1) is 19.3. The fraction of sp³-hybridized carbons (Fsp3) is 0.923. The van der Waals surface area contributed by atoms with Crippen molar-refractivity contribution in [2.45, 2.75) is 25.5 Å². The van der Waals surface area contributed by atoms with Crippen molar-refractivity contribution in [1.82, 2.24) is 15.1 Å². The summed E-state index contributed by atoms with van der Waals surface area (Å²) < 4.78 is 0. The lowest BCUT2D eigenvalue weighted by Gasteiger charge is -2.34. The van der Waals surface area contributed by atoms with Crippen molar-refractivity contribution >= 4 is 41.7 Å². The molecule has 0 radical (unpaired) electrons. The predicted octanol–water partition coefficient (Wildman–Crippen LogP) is 1.96. The van der Waals surface area contributed by atoms with Crippen LogP contribution in [0.5, 0.6) is 0 Å². The van der Waals surface area contributed by atoms with Crippen LogP contribution in [0.25, 0.3) is 0 Å². The Hall–Kier alpha value is 0.310. The number of thioether (sulfide) groups is 1. The molecule has 6 heteroatoms. The van der Waals surface area contributed by atoms with Crippen molar-refractivity contribution in [2.75, 3.05) is 52.6 Å². The minimum Gasteiger partial charge on any atom is -0.355 e. The quantitative estimate of drug-likeness (QED) is 0.434. The third kappa shape index (κ3) is 7.04. The lowest BCUT2D eigenvalue weighted by atomic mass is 10.3. The van der Waals surface area contributed by atoms with E-state index in [1.807, 2.05) is 7.05 Å². The van der Waals surface area contributed by atoms with Crippen molar-refractivity contribution in [1.29, 1.82) is 0 Å². The summed E-state index contributed by atoms with van der Waals surface area (Å²) in [5, 5.41) is 4.23. The van der Waals surface area contributed by atoms with Gasteiger partial charge in [-0.1, -0.05) is 13.8 Å². The first-order valence-electron chi connectivity index (χ1n) is 6.97. The molecule has 0 spiro atoms. The second kappa shape index (κ2) is 11.0. The molecule has 114 valence electrons. The maximum Gasteiger partial charge on any atom is 0.193 e. The normalized spacial score (nSPS) is 20.4. The van der Waals surface area contributed by atoms with E-state index in [0.29, 0.717) is 0 Å². The van der Waals surface area contributed by atoms with Crippen LogP contribution in [-0.2, 0) is 0 Å². The lowest BCUT2D eigenvalue weighted by molar-refractivity contribution is 0.350. The zero-order chi connectivity index (χ0) is 13.4. The highest BCUT2D eigenvalue weighted by atomic mass is 127. The van der Waals surface area contributed by atoms with E-state index in [2.05, 4.69) is 52.8 Å². The van der Waals surface area contributed by atoms with Gasteiger partial charge in [-0.2, -0.15) is 11.8 Å². The lowest BCUT2D eigenvalue weighted by Crippen LogP contribution is -2.49. The van der Waals surface area contributed by atoms with Gasteiger partial charge >= 0.3 is 0 Å². The molecule has 0 amide bonds. The van der Waals surface area contributed by atoms with Gasteiger partial charge in [0.1, 0.15) is 0 Å². The van der Waals surface area contributed by atoms with Gasteiger partial charge in [0.2, 0.25) is 0 Å². The fourth-order valence-corrected chi connectivity index (χ4v) is 3.19. The number of guanidine groups is 1. The summed E-state index contributed by atoms with van der Waals surface area (Å²) in [7, 11) is 4.03. The topological polar surface area (TPSA) is 30.9 Å². The molecule has 1 unspecified atom stereocenters. The van der Waals surface area contributed by atoms with E-state index in [4.69, 9.17) is 0 Å². The van der Waals surface area contributed by atoms with Crippen LogP contribution in [0.1, 0.15) is 20.3 Å². The zero-order valence-electron chi connectivity index (χ0n) is 12.7. The van der Waals surface area contributed by atoms with Crippen LogP contribution in [0.3, 0.4) is 0 Å². The Morgan fingerprint density at radius 1 is 1.47 bits per heavy atom. The molecule has 4 nitrogen and oxygen atoms in total. The van der Waals surface area contributed by atoms with Gasteiger partial charge < -0.3 is 15.1 Å². The van der Waals surface area contributed by atoms with E-state index in [9.17, 15) is 0 Å². The molecule has 1 atom stereocenters.